The molecule has 92 valence electrons. The number of Topliss-reactive ketones (excluding diaryl/α,β-unsaturated/α-hetero) is 1. The van der Waals surface area contributed by atoms with Crippen molar-refractivity contribution in [1.82, 2.24) is 4.98 Å². The van der Waals surface area contributed by atoms with Crippen LogP contribution < -0.4 is 0 Å². The molecule has 0 N–H and O–H groups in total. The van der Waals surface area contributed by atoms with Gasteiger partial charge in [-0.05, 0) is 36.8 Å². The van der Waals surface area contributed by atoms with Crippen molar-refractivity contribution < 1.29 is 13.6 Å². The quantitative estimate of drug-likeness (QED) is 0.780. The summed E-state index contributed by atoms with van der Waals surface area (Å²) in [6.07, 6.45) is 1.59. The number of ketones is 1. The molecule has 2 nitrogen and oxygen atoms in total. The average Bonchev–Trinajstić information content (AvgIpc) is 2.35. The number of carbonyl (C=O) groups excluding carboxylic acids is 1. The van der Waals surface area contributed by atoms with Crippen molar-refractivity contribution in [1.29, 1.82) is 0 Å². The first-order valence-corrected chi connectivity index (χ1v) is 5.46. The van der Waals surface area contributed by atoms with Crippen LogP contribution in [-0.2, 0) is 6.42 Å². The Kier molecular flexibility index (Phi) is 3.46. The molecule has 0 radical (unpaired) electrons. The molecule has 0 unspecified atom stereocenters. The summed E-state index contributed by atoms with van der Waals surface area (Å²) in [7, 11) is 0. The molecule has 18 heavy (non-hydrogen) atoms. The smallest absolute Gasteiger partial charge is 0.171 e. The van der Waals surface area contributed by atoms with Gasteiger partial charge in [-0.1, -0.05) is 6.07 Å². The number of nitrogens with zero attached hydrogens (tertiary/aromatic N) is 1. The number of benzene rings is 1. The predicted molar refractivity (Wildman–Crippen MR) is 63.4 cm³/mol. The molecule has 0 atom stereocenters. The fourth-order valence-electron chi connectivity index (χ4n) is 1.57. The lowest BCUT2D eigenvalue weighted by molar-refractivity contribution is 0.0987. The Morgan fingerprint density at radius 2 is 2.00 bits per heavy atom. The molecule has 0 aliphatic heterocycles. The molecule has 0 aliphatic carbocycles. The van der Waals surface area contributed by atoms with Crippen LogP contribution in [0, 0.1) is 18.6 Å². The highest BCUT2D eigenvalue weighted by Crippen LogP contribution is 2.12. The van der Waals surface area contributed by atoms with Gasteiger partial charge < -0.3 is 0 Å². The second kappa shape index (κ2) is 5.04. The maximum absolute atomic E-state index is 13.4. The van der Waals surface area contributed by atoms with Crippen molar-refractivity contribution in [2.75, 3.05) is 0 Å². The fraction of sp³-hybridized carbons (Fsp3) is 0.143. The maximum Gasteiger partial charge on any atom is 0.171 e. The number of carbonyl (C=O) groups is 1. The Morgan fingerprint density at radius 3 is 2.67 bits per heavy atom. The molecule has 0 fully saturated rings. The van der Waals surface area contributed by atoms with Gasteiger partial charge in [0.15, 0.2) is 5.78 Å². The van der Waals surface area contributed by atoms with E-state index in [1.165, 1.54) is 0 Å². The molecule has 0 aliphatic rings. The summed E-state index contributed by atoms with van der Waals surface area (Å²) < 4.78 is 26.3. The van der Waals surface area contributed by atoms with Crippen molar-refractivity contribution in [2.45, 2.75) is 13.3 Å². The Bertz CT molecular complexity index is 579. The van der Waals surface area contributed by atoms with Gasteiger partial charge in [0.1, 0.15) is 11.6 Å². The maximum atomic E-state index is 13.4. The minimum absolute atomic E-state index is 0.0410. The van der Waals surface area contributed by atoms with Crippen molar-refractivity contribution in [3.63, 3.8) is 0 Å². The Hall–Kier alpha value is -2.10. The number of rotatable bonds is 3. The van der Waals surface area contributed by atoms with Crippen LogP contribution in [0.2, 0.25) is 0 Å². The number of aromatic nitrogens is 1. The number of halogens is 2. The van der Waals surface area contributed by atoms with Crippen LogP contribution in [0.4, 0.5) is 8.78 Å². The molecule has 0 saturated carbocycles. The SMILES string of the molecule is Cc1ccc(CC(=O)c2cc(F)ccc2F)nc1. The van der Waals surface area contributed by atoms with E-state index in [0.29, 0.717) is 5.69 Å². The second-order valence-corrected chi connectivity index (χ2v) is 4.05. The summed E-state index contributed by atoms with van der Waals surface area (Å²) in [5, 5.41) is 0. The zero-order chi connectivity index (χ0) is 13.1. The van der Waals surface area contributed by atoms with Crippen LogP contribution in [0.5, 0.6) is 0 Å². The topological polar surface area (TPSA) is 30.0 Å². The molecule has 4 heteroatoms. The number of aryl methyl sites for hydroxylation is 1. The van der Waals surface area contributed by atoms with E-state index >= 15 is 0 Å². The molecule has 0 amide bonds. The van der Waals surface area contributed by atoms with Crippen LogP contribution >= 0.6 is 0 Å². The Morgan fingerprint density at radius 1 is 1.22 bits per heavy atom. The van der Waals surface area contributed by atoms with Crippen LogP contribution in [0.25, 0.3) is 0 Å². The molecular formula is C14H11F2NO. The molecule has 0 bridgehead atoms. The highest BCUT2D eigenvalue weighted by Gasteiger charge is 2.13. The normalized spacial score (nSPS) is 10.4. The van der Waals surface area contributed by atoms with E-state index in [0.717, 1.165) is 23.8 Å². The van der Waals surface area contributed by atoms with E-state index in [4.69, 9.17) is 0 Å². The van der Waals surface area contributed by atoms with E-state index in [1.54, 1.807) is 12.3 Å². The van der Waals surface area contributed by atoms with Crippen LogP contribution in [0.15, 0.2) is 36.5 Å². The summed E-state index contributed by atoms with van der Waals surface area (Å²) in [6.45, 7) is 1.88. The molecule has 1 aromatic carbocycles. The van der Waals surface area contributed by atoms with Gasteiger partial charge in [-0.3, -0.25) is 9.78 Å². The molecule has 2 rings (SSSR count). The lowest BCUT2D eigenvalue weighted by atomic mass is 10.1. The molecular weight excluding hydrogens is 236 g/mol. The third kappa shape index (κ3) is 2.77. The largest absolute Gasteiger partial charge is 0.294 e. The summed E-state index contributed by atoms with van der Waals surface area (Å²) >= 11 is 0. The average molecular weight is 247 g/mol. The first-order chi connectivity index (χ1) is 8.56. The van der Waals surface area contributed by atoms with E-state index in [-0.39, 0.29) is 12.0 Å². The highest BCUT2D eigenvalue weighted by molar-refractivity contribution is 5.97. The summed E-state index contributed by atoms with van der Waals surface area (Å²) in [4.78, 5) is 15.9. The van der Waals surface area contributed by atoms with Crippen molar-refractivity contribution in [2.24, 2.45) is 0 Å². The monoisotopic (exact) mass is 247 g/mol. The predicted octanol–water partition coefficient (Wildman–Crippen LogP) is 3.09. The zero-order valence-corrected chi connectivity index (χ0v) is 9.78. The zero-order valence-electron chi connectivity index (χ0n) is 9.78. The summed E-state index contributed by atoms with van der Waals surface area (Å²) in [5.41, 5.74) is 1.27. The van der Waals surface area contributed by atoms with E-state index in [2.05, 4.69) is 4.98 Å². The van der Waals surface area contributed by atoms with Gasteiger partial charge >= 0.3 is 0 Å². The molecule has 0 spiro atoms. The summed E-state index contributed by atoms with van der Waals surface area (Å²) in [5.74, 6) is -1.83. The van der Waals surface area contributed by atoms with Gasteiger partial charge in [-0.15, -0.1) is 0 Å². The van der Waals surface area contributed by atoms with Crippen LogP contribution in [0.1, 0.15) is 21.6 Å². The number of hydrogen-bond acceptors (Lipinski definition) is 2. The van der Waals surface area contributed by atoms with Crippen molar-refractivity contribution >= 4 is 5.78 Å². The van der Waals surface area contributed by atoms with Crippen molar-refractivity contribution in [3.05, 3.63) is 65.0 Å². The molecule has 2 aromatic rings. The van der Waals surface area contributed by atoms with Gasteiger partial charge in [0.2, 0.25) is 0 Å². The van der Waals surface area contributed by atoms with E-state index < -0.39 is 17.4 Å². The van der Waals surface area contributed by atoms with Gasteiger partial charge in [-0.2, -0.15) is 0 Å². The van der Waals surface area contributed by atoms with E-state index in [9.17, 15) is 13.6 Å². The van der Waals surface area contributed by atoms with Gasteiger partial charge in [0.25, 0.3) is 0 Å². The first kappa shape index (κ1) is 12.4. The second-order valence-electron chi connectivity index (χ2n) is 4.05. The fourth-order valence-corrected chi connectivity index (χ4v) is 1.57. The third-order valence-corrected chi connectivity index (χ3v) is 2.54. The highest BCUT2D eigenvalue weighted by atomic mass is 19.1. The molecule has 1 heterocycles. The van der Waals surface area contributed by atoms with Crippen LogP contribution in [0.3, 0.4) is 0 Å². The van der Waals surface area contributed by atoms with Crippen molar-refractivity contribution in [3.8, 4) is 0 Å². The van der Waals surface area contributed by atoms with E-state index in [1.807, 2.05) is 13.0 Å². The van der Waals surface area contributed by atoms with Crippen LogP contribution in [-0.4, -0.2) is 10.8 Å². The minimum atomic E-state index is -0.714. The minimum Gasteiger partial charge on any atom is -0.294 e. The first-order valence-electron chi connectivity index (χ1n) is 5.46. The van der Waals surface area contributed by atoms with Gasteiger partial charge in [0, 0.05) is 11.9 Å². The Balaban J connectivity index is 2.21. The Labute approximate surface area is 103 Å². The number of pyridine rings is 1. The molecule has 1 aromatic heterocycles. The standard InChI is InChI=1S/C14H11F2NO/c1-9-2-4-11(17-8-9)7-14(18)12-6-10(15)3-5-13(12)16/h2-6,8H,7H2,1H3. The lowest BCUT2D eigenvalue weighted by Crippen LogP contribution is -2.08. The van der Waals surface area contributed by atoms with Gasteiger partial charge in [-0.25, -0.2) is 8.78 Å². The number of hydrogen-bond donors (Lipinski definition) is 0. The summed E-state index contributed by atoms with van der Waals surface area (Å²) in [6, 6.07) is 6.36. The molecule has 0 saturated heterocycles. The lowest BCUT2D eigenvalue weighted by Gasteiger charge is -2.03. The third-order valence-electron chi connectivity index (χ3n) is 2.54. The van der Waals surface area contributed by atoms with Gasteiger partial charge in [0.05, 0.1) is 12.0 Å².